The Balaban J connectivity index is 3.21. The summed E-state index contributed by atoms with van der Waals surface area (Å²) in [5.41, 5.74) is 0. The van der Waals surface area contributed by atoms with Gasteiger partial charge in [0.15, 0.2) is 0 Å². The molecule has 0 aromatic carbocycles. The Morgan fingerprint density at radius 3 is 2.00 bits per heavy atom. The monoisotopic (exact) mass is 172 g/mol. The third kappa shape index (κ3) is 6.84. The predicted octanol–water partition coefficient (Wildman–Crippen LogP) is 0.198. The minimum atomic E-state index is 1.20. The van der Waals surface area contributed by atoms with Crippen LogP contribution >= 0.6 is 0 Å². The summed E-state index contributed by atoms with van der Waals surface area (Å²) in [5.74, 6) is 0. The number of hydrogen-bond acceptors (Lipinski definition) is 2. The summed E-state index contributed by atoms with van der Waals surface area (Å²) in [7, 11) is 2.19. The van der Waals surface area contributed by atoms with Crippen molar-refractivity contribution in [3.05, 3.63) is 0 Å². The minimum absolute atomic E-state index is 1.20. The molecule has 0 N–H and O–H groups in total. The Bertz CT molecular complexity index is 82.2. The fourth-order valence-corrected chi connectivity index (χ4v) is 1.47. The van der Waals surface area contributed by atoms with Gasteiger partial charge in [-0.25, -0.2) is 0 Å². The predicted molar refractivity (Wildman–Crippen MR) is 53.6 cm³/mol. The summed E-state index contributed by atoms with van der Waals surface area (Å²) >= 11 is 1.20. The molecule has 0 rings (SSSR count). The van der Waals surface area contributed by atoms with Crippen molar-refractivity contribution in [1.82, 2.24) is 8.78 Å². The van der Waals surface area contributed by atoms with Crippen LogP contribution in [0.25, 0.3) is 0 Å². The minimum Gasteiger partial charge on any atom is -0.393 e. The van der Waals surface area contributed by atoms with E-state index in [0.29, 0.717) is 0 Å². The Labute approximate surface area is 79.2 Å². The summed E-state index contributed by atoms with van der Waals surface area (Å²) in [4.78, 5) is 2.48. The normalized spacial score (nSPS) is 11.4. The molecule has 11 heavy (non-hydrogen) atoms. The summed E-state index contributed by atoms with van der Waals surface area (Å²) in [6.07, 6.45) is 1.32. The van der Waals surface area contributed by atoms with Crippen molar-refractivity contribution in [2.24, 2.45) is 0 Å². The molecule has 0 aliphatic rings. The molecule has 0 bridgehead atoms. The van der Waals surface area contributed by atoms with Crippen LogP contribution in [-0.2, 0) is 0 Å². The molecule has 0 saturated heterocycles. The van der Waals surface area contributed by atoms with Crippen LogP contribution < -0.4 is 0 Å². The summed E-state index contributed by atoms with van der Waals surface area (Å²) < 4.78 is 2.38. The van der Waals surface area contributed by atoms with Gasteiger partial charge in [-0.15, -0.1) is 0 Å². The van der Waals surface area contributed by atoms with Crippen molar-refractivity contribution in [1.29, 1.82) is 0 Å². The third-order valence-corrected chi connectivity index (χ3v) is 2.42. The van der Waals surface area contributed by atoms with E-state index >= 15 is 0 Å². The van der Waals surface area contributed by atoms with Gasteiger partial charge in [0.05, 0.1) is 0 Å². The molecule has 0 aliphatic carbocycles. The standard InChI is InChI=1S/C8H19N2.Al.2H/c1-4-10(5-2)8-6-7-9-3;;;/h4-8H2,1-3H3;;;/q-1;+1;;. The SMILES string of the molecule is CCN(CC)CCC[N](C)[AlH2]. The average molecular weight is 172 g/mol. The number of hydrogen-bond donors (Lipinski definition) is 0. The summed E-state index contributed by atoms with van der Waals surface area (Å²) in [6.45, 7) is 9.38. The molecule has 0 aromatic heterocycles. The van der Waals surface area contributed by atoms with Crippen molar-refractivity contribution < 1.29 is 0 Å². The topological polar surface area (TPSA) is 6.48 Å². The van der Waals surface area contributed by atoms with Crippen LogP contribution in [0.4, 0.5) is 0 Å². The maximum absolute atomic E-state index is 2.48. The van der Waals surface area contributed by atoms with Gasteiger partial charge < -0.3 is 8.78 Å². The van der Waals surface area contributed by atoms with Crippen LogP contribution in [0.15, 0.2) is 0 Å². The Hall–Kier alpha value is 0.452. The van der Waals surface area contributed by atoms with Gasteiger partial charge in [0.1, 0.15) is 0 Å². The maximum Gasteiger partial charge on any atom is 0.321 e. The molecule has 0 amide bonds. The molecule has 0 radical (unpaired) electrons. The fraction of sp³-hybridized carbons (Fsp3) is 1.00. The van der Waals surface area contributed by atoms with Crippen LogP contribution in [0, 0.1) is 0 Å². The van der Waals surface area contributed by atoms with Gasteiger partial charge in [-0.05, 0) is 39.6 Å². The lowest BCUT2D eigenvalue weighted by Crippen LogP contribution is -2.27. The van der Waals surface area contributed by atoms with Gasteiger partial charge in [0, 0.05) is 0 Å². The molecule has 0 heterocycles. The molecule has 0 spiro atoms. The second kappa shape index (κ2) is 7.12. The van der Waals surface area contributed by atoms with Gasteiger partial charge >= 0.3 is 16.5 Å². The highest BCUT2D eigenvalue weighted by atomic mass is 27.1. The van der Waals surface area contributed by atoms with Crippen LogP contribution in [0.5, 0.6) is 0 Å². The van der Waals surface area contributed by atoms with Crippen molar-refractivity contribution in [3.63, 3.8) is 0 Å². The maximum atomic E-state index is 2.48. The van der Waals surface area contributed by atoms with E-state index in [9.17, 15) is 0 Å². The van der Waals surface area contributed by atoms with E-state index in [1.807, 2.05) is 0 Å². The lowest BCUT2D eigenvalue weighted by atomic mass is 10.3. The van der Waals surface area contributed by atoms with Gasteiger partial charge in [-0.3, -0.25) is 0 Å². The molecule has 0 unspecified atom stereocenters. The molecule has 0 saturated carbocycles. The van der Waals surface area contributed by atoms with Crippen LogP contribution in [0.1, 0.15) is 20.3 Å². The van der Waals surface area contributed by atoms with E-state index in [4.69, 9.17) is 0 Å². The van der Waals surface area contributed by atoms with E-state index in [1.165, 1.54) is 49.1 Å². The molecular weight excluding hydrogens is 151 g/mol. The fourth-order valence-electron chi connectivity index (χ4n) is 1.15. The number of nitrogens with zero attached hydrogens (tertiary/aromatic N) is 2. The van der Waals surface area contributed by atoms with E-state index in [0.717, 1.165) is 0 Å². The van der Waals surface area contributed by atoms with Crippen LogP contribution in [0.2, 0.25) is 0 Å². The highest BCUT2D eigenvalue weighted by Crippen LogP contribution is 1.90. The average Bonchev–Trinajstić information content (AvgIpc) is 1.98. The zero-order chi connectivity index (χ0) is 8.69. The number of rotatable bonds is 6. The molecule has 0 aromatic rings. The molecule has 2 nitrogen and oxygen atoms in total. The molecule has 66 valence electrons. The second-order valence-corrected chi connectivity index (χ2v) is 4.71. The van der Waals surface area contributed by atoms with E-state index in [-0.39, 0.29) is 0 Å². The van der Waals surface area contributed by atoms with E-state index in [2.05, 4.69) is 29.7 Å². The highest BCUT2D eigenvalue weighted by Gasteiger charge is 1.97. The van der Waals surface area contributed by atoms with E-state index < -0.39 is 0 Å². The molecule has 0 aliphatic heterocycles. The first-order valence-electron chi connectivity index (χ1n) is 4.57. The smallest absolute Gasteiger partial charge is 0.321 e. The van der Waals surface area contributed by atoms with Crippen molar-refractivity contribution >= 4 is 16.5 Å². The van der Waals surface area contributed by atoms with Crippen molar-refractivity contribution in [2.45, 2.75) is 20.3 Å². The first-order valence-corrected chi connectivity index (χ1v) is 5.47. The lowest BCUT2D eigenvalue weighted by Gasteiger charge is -2.19. The Morgan fingerprint density at radius 1 is 1.09 bits per heavy atom. The molecule has 0 fully saturated rings. The summed E-state index contributed by atoms with van der Waals surface area (Å²) in [5, 5.41) is 0. The van der Waals surface area contributed by atoms with Gasteiger partial charge in [0.2, 0.25) is 0 Å². The zero-order valence-electron chi connectivity index (χ0n) is 8.43. The first-order chi connectivity index (χ1) is 5.20. The molecule has 3 heteroatoms. The van der Waals surface area contributed by atoms with Gasteiger partial charge in [0.25, 0.3) is 0 Å². The highest BCUT2D eigenvalue weighted by molar-refractivity contribution is 6.04. The first kappa shape index (κ1) is 11.5. The summed E-state index contributed by atoms with van der Waals surface area (Å²) in [6, 6.07) is 0. The van der Waals surface area contributed by atoms with E-state index in [1.54, 1.807) is 0 Å². The van der Waals surface area contributed by atoms with Gasteiger partial charge in [-0.2, -0.15) is 0 Å². The van der Waals surface area contributed by atoms with Crippen LogP contribution in [0.3, 0.4) is 0 Å². The largest absolute Gasteiger partial charge is 0.393 e. The van der Waals surface area contributed by atoms with Crippen molar-refractivity contribution in [3.8, 4) is 0 Å². The van der Waals surface area contributed by atoms with Crippen molar-refractivity contribution in [2.75, 3.05) is 33.2 Å². The quantitative estimate of drug-likeness (QED) is 0.528. The lowest BCUT2D eigenvalue weighted by molar-refractivity contribution is 0.291. The third-order valence-electron chi connectivity index (χ3n) is 1.97. The second-order valence-electron chi connectivity index (χ2n) is 3.18. The molecule has 0 atom stereocenters. The Kier molecular flexibility index (Phi) is 7.41. The van der Waals surface area contributed by atoms with Gasteiger partial charge in [-0.1, -0.05) is 13.8 Å². The Morgan fingerprint density at radius 2 is 1.64 bits per heavy atom. The zero-order valence-corrected chi connectivity index (χ0v) is 10.4. The molecular formula is C8H21AlN2. The van der Waals surface area contributed by atoms with Crippen LogP contribution in [-0.4, -0.2) is 58.5 Å².